The fraction of sp³-hybridized carbons (Fsp3) is 0.462. The smallest absolute Gasteiger partial charge is 0.126 e. The van der Waals surface area contributed by atoms with Crippen LogP contribution in [-0.2, 0) is 13.6 Å². The van der Waals surface area contributed by atoms with Crippen molar-refractivity contribution < 1.29 is 4.74 Å². The molecule has 2 heterocycles. The average Bonchev–Trinajstić information content (AvgIpc) is 2.58. The number of ether oxygens (including phenoxy) is 1. The lowest BCUT2D eigenvalue weighted by molar-refractivity contribution is 0.202. The molecule has 2 aromatic rings. The molecule has 1 atom stereocenters. The first kappa shape index (κ1) is 10.6. The highest BCUT2D eigenvalue weighted by Gasteiger charge is 2.18. The predicted molar refractivity (Wildman–Crippen MR) is 67.1 cm³/mol. The van der Waals surface area contributed by atoms with Crippen LogP contribution in [0.5, 0.6) is 5.75 Å². The van der Waals surface area contributed by atoms with E-state index in [1.807, 2.05) is 17.9 Å². The minimum absolute atomic E-state index is 0.261. The number of hydrogen-bond donors (Lipinski definition) is 1. The van der Waals surface area contributed by atoms with E-state index in [0.29, 0.717) is 0 Å². The third kappa shape index (κ3) is 1.78. The van der Waals surface area contributed by atoms with Crippen LogP contribution in [0.2, 0.25) is 0 Å². The molecule has 1 aliphatic heterocycles. The third-order valence-corrected chi connectivity index (χ3v) is 3.28. The summed E-state index contributed by atoms with van der Waals surface area (Å²) in [5.74, 6) is 0.980. The molecule has 4 heteroatoms. The zero-order valence-electron chi connectivity index (χ0n) is 10.2. The monoisotopic (exact) mass is 231 g/mol. The quantitative estimate of drug-likeness (QED) is 0.814. The first-order valence-corrected chi connectivity index (χ1v) is 6.10. The summed E-state index contributed by atoms with van der Waals surface area (Å²) in [7, 11) is 1.95. The second-order valence-corrected chi connectivity index (χ2v) is 4.56. The maximum Gasteiger partial charge on any atom is 0.126 e. The molecular weight excluding hydrogens is 214 g/mol. The van der Waals surface area contributed by atoms with Crippen molar-refractivity contribution in [3.8, 4) is 5.75 Å². The molecule has 1 aliphatic rings. The van der Waals surface area contributed by atoms with Crippen LogP contribution in [0.3, 0.4) is 0 Å². The number of nitrogens with zero attached hydrogens (tertiary/aromatic N) is 2. The molecule has 1 aromatic heterocycles. The van der Waals surface area contributed by atoms with Gasteiger partial charge in [0.05, 0.1) is 0 Å². The van der Waals surface area contributed by atoms with Crippen molar-refractivity contribution in [1.82, 2.24) is 15.1 Å². The Bertz CT molecular complexity index is 547. The van der Waals surface area contributed by atoms with Crippen molar-refractivity contribution in [3.63, 3.8) is 0 Å². The second-order valence-electron chi connectivity index (χ2n) is 4.56. The van der Waals surface area contributed by atoms with Crippen LogP contribution in [0, 0.1) is 0 Å². The first-order chi connectivity index (χ1) is 8.28. The van der Waals surface area contributed by atoms with Crippen LogP contribution in [0.1, 0.15) is 18.9 Å². The highest BCUT2D eigenvalue weighted by Crippen LogP contribution is 2.29. The van der Waals surface area contributed by atoms with E-state index in [9.17, 15) is 0 Å². The standard InChI is InChI=1S/C13H17N3O/c1-3-10-6-14-7-11-12(17-10)5-4-9-8-16(2)15-13(9)11/h4-5,8,10,14H,3,6-7H2,1-2H3/t10-/m1/s1. The molecule has 17 heavy (non-hydrogen) atoms. The molecule has 0 unspecified atom stereocenters. The van der Waals surface area contributed by atoms with Gasteiger partial charge in [0, 0.05) is 37.3 Å². The molecule has 1 aromatic carbocycles. The van der Waals surface area contributed by atoms with Gasteiger partial charge in [0.15, 0.2) is 0 Å². The zero-order chi connectivity index (χ0) is 11.8. The van der Waals surface area contributed by atoms with Gasteiger partial charge in [-0.2, -0.15) is 5.10 Å². The number of nitrogens with one attached hydrogen (secondary N) is 1. The van der Waals surface area contributed by atoms with Gasteiger partial charge >= 0.3 is 0 Å². The lowest BCUT2D eigenvalue weighted by Crippen LogP contribution is -2.27. The van der Waals surface area contributed by atoms with Crippen molar-refractivity contribution in [1.29, 1.82) is 0 Å². The number of aryl methyl sites for hydroxylation is 1. The minimum atomic E-state index is 0.261. The van der Waals surface area contributed by atoms with Gasteiger partial charge in [0.1, 0.15) is 17.4 Å². The van der Waals surface area contributed by atoms with E-state index in [1.54, 1.807) is 0 Å². The molecule has 1 N–H and O–H groups in total. The van der Waals surface area contributed by atoms with E-state index < -0.39 is 0 Å². The number of benzene rings is 1. The van der Waals surface area contributed by atoms with E-state index >= 15 is 0 Å². The lowest BCUT2D eigenvalue weighted by Gasteiger charge is -2.14. The number of aromatic nitrogens is 2. The zero-order valence-corrected chi connectivity index (χ0v) is 10.2. The van der Waals surface area contributed by atoms with Crippen molar-refractivity contribution in [2.75, 3.05) is 6.54 Å². The summed E-state index contributed by atoms with van der Waals surface area (Å²) in [5.41, 5.74) is 2.23. The van der Waals surface area contributed by atoms with E-state index in [2.05, 4.69) is 29.5 Å². The predicted octanol–water partition coefficient (Wildman–Crippen LogP) is 1.83. The Labute approximate surface area is 101 Å². The summed E-state index contributed by atoms with van der Waals surface area (Å²) >= 11 is 0. The van der Waals surface area contributed by atoms with Crippen LogP contribution in [-0.4, -0.2) is 22.4 Å². The van der Waals surface area contributed by atoms with E-state index in [0.717, 1.165) is 30.8 Å². The topological polar surface area (TPSA) is 39.1 Å². The van der Waals surface area contributed by atoms with Gasteiger partial charge in [-0.3, -0.25) is 4.68 Å². The molecule has 4 nitrogen and oxygen atoms in total. The van der Waals surface area contributed by atoms with Crippen molar-refractivity contribution >= 4 is 10.9 Å². The summed E-state index contributed by atoms with van der Waals surface area (Å²) in [6, 6.07) is 4.15. The highest BCUT2D eigenvalue weighted by atomic mass is 16.5. The Morgan fingerprint density at radius 2 is 2.41 bits per heavy atom. The summed E-state index contributed by atoms with van der Waals surface area (Å²) in [5, 5.41) is 9.12. The summed E-state index contributed by atoms with van der Waals surface area (Å²) in [6.45, 7) is 3.89. The van der Waals surface area contributed by atoms with E-state index in [4.69, 9.17) is 4.74 Å². The summed E-state index contributed by atoms with van der Waals surface area (Å²) in [4.78, 5) is 0. The maximum atomic E-state index is 6.01. The van der Waals surface area contributed by atoms with Crippen LogP contribution < -0.4 is 10.1 Å². The number of fused-ring (bicyclic) bond motifs is 3. The molecule has 0 saturated carbocycles. The van der Waals surface area contributed by atoms with E-state index in [-0.39, 0.29) is 6.10 Å². The van der Waals surface area contributed by atoms with Gasteiger partial charge in [-0.1, -0.05) is 6.92 Å². The molecule has 0 fully saturated rings. The van der Waals surface area contributed by atoms with E-state index in [1.165, 1.54) is 10.9 Å². The van der Waals surface area contributed by atoms with Gasteiger partial charge in [-0.05, 0) is 18.6 Å². The van der Waals surface area contributed by atoms with Crippen LogP contribution in [0.25, 0.3) is 10.9 Å². The number of rotatable bonds is 1. The Morgan fingerprint density at radius 3 is 3.24 bits per heavy atom. The highest BCUT2D eigenvalue weighted by molar-refractivity contribution is 5.83. The normalized spacial score (nSPS) is 19.8. The SMILES string of the molecule is CC[C@@H]1CNCc2c(ccc3cn(C)nc23)O1. The molecule has 90 valence electrons. The average molecular weight is 231 g/mol. The van der Waals surface area contributed by atoms with Gasteiger partial charge < -0.3 is 10.1 Å². The minimum Gasteiger partial charge on any atom is -0.489 e. The Balaban J connectivity index is 2.12. The maximum absolute atomic E-state index is 6.01. The molecule has 0 aliphatic carbocycles. The van der Waals surface area contributed by atoms with Crippen LogP contribution >= 0.6 is 0 Å². The summed E-state index contributed by atoms with van der Waals surface area (Å²) in [6.07, 6.45) is 3.32. The Hall–Kier alpha value is -1.55. The van der Waals surface area contributed by atoms with Crippen molar-refractivity contribution in [2.24, 2.45) is 7.05 Å². The molecule has 3 rings (SSSR count). The van der Waals surface area contributed by atoms with Gasteiger partial charge in [-0.15, -0.1) is 0 Å². The van der Waals surface area contributed by atoms with Crippen molar-refractivity contribution in [2.45, 2.75) is 26.0 Å². The van der Waals surface area contributed by atoms with Crippen molar-refractivity contribution in [3.05, 3.63) is 23.9 Å². The molecule has 0 amide bonds. The Kier molecular flexibility index (Phi) is 2.52. The Morgan fingerprint density at radius 1 is 1.53 bits per heavy atom. The molecule has 0 spiro atoms. The molecular formula is C13H17N3O. The second kappa shape index (κ2) is 4.04. The summed E-state index contributed by atoms with van der Waals surface area (Å²) < 4.78 is 7.87. The third-order valence-electron chi connectivity index (χ3n) is 3.28. The van der Waals surface area contributed by atoms with Gasteiger partial charge in [0.25, 0.3) is 0 Å². The van der Waals surface area contributed by atoms with Crippen LogP contribution in [0.15, 0.2) is 18.3 Å². The largest absolute Gasteiger partial charge is 0.489 e. The fourth-order valence-electron chi connectivity index (χ4n) is 2.33. The molecule has 0 saturated heterocycles. The molecule has 0 bridgehead atoms. The lowest BCUT2D eigenvalue weighted by atomic mass is 10.1. The van der Waals surface area contributed by atoms with Gasteiger partial charge in [0.2, 0.25) is 0 Å². The molecule has 0 radical (unpaired) electrons. The van der Waals surface area contributed by atoms with Gasteiger partial charge in [-0.25, -0.2) is 0 Å². The fourth-order valence-corrected chi connectivity index (χ4v) is 2.33. The number of hydrogen-bond acceptors (Lipinski definition) is 3. The van der Waals surface area contributed by atoms with Crippen LogP contribution in [0.4, 0.5) is 0 Å². The first-order valence-electron chi connectivity index (χ1n) is 6.10.